The Morgan fingerprint density at radius 1 is 0.925 bits per heavy atom. The predicted molar refractivity (Wildman–Crippen MR) is 147 cm³/mol. The average Bonchev–Trinajstić information content (AvgIpc) is 3.44. The van der Waals surface area contributed by atoms with Gasteiger partial charge in [0.2, 0.25) is 5.43 Å². The fourth-order valence-corrected chi connectivity index (χ4v) is 6.36. The molecule has 0 spiro atoms. The number of amides is 1. The largest absolute Gasteiger partial charge is 0.482 e. The number of fused-ring (bicyclic) bond motifs is 6. The fraction of sp³-hybridized carbons (Fsp3) is 0.188. The molecule has 8 heteroatoms. The third-order valence-electron chi connectivity index (χ3n) is 8.15. The van der Waals surface area contributed by atoms with Crippen molar-refractivity contribution < 1.29 is 18.3 Å². The van der Waals surface area contributed by atoms with E-state index in [0.717, 1.165) is 22.3 Å². The van der Waals surface area contributed by atoms with E-state index < -0.39 is 22.6 Å². The molecule has 3 aromatic carbocycles. The lowest BCUT2D eigenvalue weighted by Gasteiger charge is -2.49. The van der Waals surface area contributed by atoms with Gasteiger partial charge in [-0.3, -0.25) is 19.3 Å². The molecule has 1 aliphatic heterocycles. The van der Waals surface area contributed by atoms with E-state index in [-0.39, 0.29) is 30.6 Å². The van der Waals surface area contributed by atoms with Crippen LogP contribution in [0.5, 0.6) is 5.75 Å². The van der Waals surface area contributed by atoms with Gasteiger partial charge in [0, 0.05) is 18.8 Å². The molecule has 0 radical (unpaired) electrons. The monoisotopic (exact) mass is 537 g/mol. The molecule has 1 unspecified atom stereocenters. The first kappa shape index (κ1) is 24.3. The lowest BCUT2D eigenvalue weighted by atomic mass is 9.83. The van der Waals surface area contributed by atoms with Gasteiger partial charge in [-0.1, -0.05) is 60.7 Å². The minimum absolute atomic E-state index is 0.0452. The van der Waals surface area contributed by atoms with Crippen LogP contribution < -0.4 is 15.2 Å². The number of carbonyl (C=O) groups excluding carboxylic acids is 1. The Hall–Kier alpha value is -4.72. The van der Waals surface area contributed by atoms with E-state index in [2.05, 4.69) is 0 Å². The summed E-state index contributed by atoms with van der Waals surface area (Å²) in [5.41, 5.74) is 3.64. The molecule has 1 atom stereocenters. The summed E-state index contributed by atoms with van der Waals surface area (Å²) in [5, 5.41) is 1.98. The highest BCUT2D eigenvalue weighted by molar-refractivity contribution is 5.96. The lowest BCUT2D eigenvalue weighted by molar-refractivity contribution is 0.0675. The highest BCUT2D eigenvalue weighted by Gasteiger charge is 2.55. The first-order valence-electron chi connectivity index (χ1n) is 13.2. The zero-order valence-corrected chi connectivity index (χ0v) is 21.7. The van der Waals surface area contributed by atoms with Crippen molar-refractivity contribution in [2.75, 3.05) is 18.2 Å². The van der Waals surface area contributed by atoms with Crippen LogP contribution in [0.25, 0.3) is 6.08 Å². The molecule has 3 aliphatic rings. The first-order chi connectivity index (χ1) is 19.4. The molecule has 7 rings (SSSR count). The van der Waals surface area contributed by atoms with Gasteiger partial charge in [-0.05, 0) is 58.9 Å². The summed E-state index contributed by atoms with van der Waals surface area (Å²) in [6.07, 6.45) is 4.07. The number of halogens is 2. The van der Waals surface area contributed by atoms with Crippen LogP contribution >= 0.6 is 0 Å². The molecular weight excluding hydrogens is 512 g/mol. The molecule has 0 saturated carbocycles. The van der Waals surface area contributed by atoms with E-state index in [9.17, 15) is 18.4 Å². The van der Waals surface area contributed by atoms with Gasteiger partial charge in [0.05, 0.1) is 0 Å². The van der Waals surface area contributed by atoms with Crippen molar-refractivity contribution in [1.82, 2.24) is 9.58 Å². The molecule has 0 bridgehead atoms. The number of hydrogen-bond acceptors (Lipinski definition) is 4. The zero-order chi connectivity index (χ0) is 27.6. The molecule has 6 nitrogen and oxygen atoms in total. The number of carbonyl (C=O) groups is 1. The van der Waals surface area contributed by atoms with E-state index >= 15 is 0 Å². The summed E-state index contributed by atoms with van der Waals surface area (Å²) in [7, 11) is 0. The Bertz CT molecular complexity index is 1780. The molecule has 1 amide bonds. The topological polar surface area (TPSA) is 54.8 Å². The molecule has 0 N–H and O–H groups in total. The molecule has 200 valence electrons. The summed E-state index contributed by atoms with van der Waals surface area (Å²) < 4.78 is 37.0. The van der Waals surface area contributed by atoms with Crippen molar-refractivity contribution in [3.8, 4) is 5.75 Å². The minimum atomic E-state index is -1.02. The summed E-state index contributed by atoms with van der Waals surface area (Å²) in [6, 6.07) is 21.2. The van der Waals surface area contributed by atoms with E-state index in [0.29, 0.717) is 24.1 Å². The highest BCUT2D eigenvalue weighted by Crippen LogP contribution is 2.55. The molecule has 2 aliphatic carbocycles. The standard InChI is InChI=1S/C32H25F2N3O3/c1-2-35-19-37(36-13-12-28(38)30(29(36)31(35)39)40-18-20-8-4-3-5-9-20)32-23(14-21-10-6-7-11-24(21)32)15-22-16-26(33)27(34)17-25(22)32/h3-13,15-17H,2,14,18-19H2,1H3. The third-order valence-corrected chi connectivity index (χ3v) is 8.15. The van der Waals surface area contributed by atoms with Crippen molar-refractivity contribution in [3.63, 3.8) is 0 Å². The van der Waals surface area contributed by atoms with Gasteiger partial charge < -0.3 is 9.64 Å². The van der Waals surface area contributed by atoms with Crippen molar-refractivity contribution >= 4 is 12.0 Å². The number of pyridine rings is 1. The Labute approximate surface area is 229 Å². The van der Waals surface area contributed by atoms with Gasteiger partial charge in [0.1, 0.15) is 18.8 Å². The van der Waals surface area contributed by atoms with Crippen LogP contribution in [0.3, 0.4) is 0 Å². The Balaban J connectivity index is 1.47. The number of rotatable bonds is 5. The van der Waals surface area contributed by atoms with Gasteiger partial charge >= 0.3 is 0 Å². The Morgan fingerprint density at radius 2 is 1.68 bits per heavy atom. The molecule has 4 aromatic rings. The van der Waals surface area contributed by atoms with Crippen LogP contribution in [0.15, 0.2) is 89.4 Å². The Kier molecular flexibility index (Phi) is 5.42. The maximum absolute atomic E-state index is 14.9. The van der Waals surface area contributed by atoms with Crippen molar-refractivity contribution in [2.24, 2.45) is 0 Å². The maximum atomic E-state index is 14.9. The predicted octanol–water partition coefficient (Wildman–Crippen LogP) is 4.97. The lowest BCUT2D eigenvalue weighted by Crippen LogP contribution is -2.62. The van der Waals surface area contributed by atoms with E-state index in [1.54, 1.807) is 15.8 Å². The normalized spacial score (nSPS) is 18.7. The number of aromatic nitrogens is 1. The molecule has 1 aromatic heterocycles. The van der Waals surface area contributed by atoms with Gasteiger partial charge in [0.15, 0.2) is 23.1 Å². The second kappa shape index (κ2) is 8.91. The highest BCUT2D eigenvalue weighted by atomic mass is 19.2. The number of hydrogen-bond donors (Lipinski definition) is 0. The first-order valence-corrected chi connectivity index (χ1v) is 13.2. The van der Waals surface area contributed by atoms with Crippen molar-refractivity contribution in [3.05, 3.63) is 140 Å². The molecular formula is C32H25F2N3O3. The molecule has 0 fully saturated rings. The smallest absolute Gasteiger partial charge is 0.277 e. The van der Waals surface area contributed by atoms with Crippen LogP contribution in [0.1, 0.15) is 45.2 Å². The number of benzene rings is 3. The third kappa shape index (κ3) is 3.31. The van der Waals surface area contributed by atoms with E-state index in [4.69, 9.17) is 4.74 Å². The van der Waals surface area contributed by atoms with Gasteiger partial charge in [-0.25, -0.2) is 8.78 Å². The van der Waals surface area contributed by atoms with Crippen LogP contribution in [0.4, 0.5) is 8.78 Å². The maximum Gasteiger partial charge on any atom is 0.277 e. The van der Waals surface area contributed by atoms with Gasteiger partial charge in [0.25, 0.3) is 5.91 Å². The zero-order valence-electron chi connectivity index (χ0n) is 21.7. The Morgan fingerprint density at radius 3 is 2.48 bits per heavy atom. The number of ether oxygens (including phenoxy) is 1. The van der Waals surface area contributed by atoms with Crippen molar-refractivity contribution in [1.29, 1.82) is 0 Å². The van der Waals surface area contributed by atoms with Crippen molar-refractivity contribution in [2.45, 2.75) is 25.5 Å². The summed E-state index contributed by atoms with van der Waals surface area (Å²) >= 11 is 0. The minimum Gasteiger partial charge on any atom is -0.482 e. The van der Waals surface area contributed by atoms with Crippen LogP contribution in [-0.2, 0) is 18.6 Å². The van der Waals surface area contributed by atoms with Crippen LogP contribution in [0, 0.1) is 11.6 Å². The second-order valence-corrected chi connectivity index (χ2v) is 10.2. The fourth-order valence-electron chi connectivity index (χ4n) is 6.36. The van der Waals surface area contributed by atoms with Crippen LogP contribution in [0.2, 0.25) is 0 Å². The quantitative estimate of drug-likeness (QED) is 0.361. The number of nitrogens with zero attached hydrogens (tertiary/aromatic N) is 3. The van der Waals surface area contributed by atoms with Gasteiger partial charge in [-0.15, -0.1) is 0 Å². The SMILES string of the molecule is CCN1CN(C23C(=Cc4cc(F)c(F)cc42)Cc2ccccc23)n2ccc(=O)c(OCc3ccccc3)c2C1=O. The molecule has 40 heavy (non-hydrogen) atoms. The summed E-state index contributed by atoms with van der Waals surface area (Å²) in [4.78, 5) is 28.6. The average molecular weight is 538 g/mol. The summed E-state index contributed by atoms with van der Waals surface area (Å²) in [6.45, 7) is 2.51. The summed E-state index contributed by atoms with van der Waals surface area (Å²) in [5.74, 6) is -2.24. The second-order valence-electron chi connectivity index (χ2n) is 10.2. The van der Waals surface area contributed by atoms with Crippen LogP contribution in [-0.4, -0.2) is 28.7 Å². The van der Waals surface area contributed by atoms with E-state index in [1.165, 1.54) is 18.2 Å². The van der Waals surface area contributed by atoms with Gasteiger partial charge in [-0.2, -0.15) is 0 Å². The molecule has 2 heterocycles. The van der Waals surface area contributed by atoms with E-state index in [1.807, 2.05) is 72.6 Å². The molecule has 0 saturated heterocycles.